The highest BCUT2D eigenvalue weighted by molar-refractivity contribution is 7.99. The lowest BCUT2D eigenvalue weighted by Crippen LogP contribution is -2.37. The van der Waals surface area contributed by atoms with Crippen molar-refractivity contribution < 1.29 is 4.74 Å². The number of likely N-dealkylation sites (tertiary alicyclic amines) is 1. The molecule has 4 heteroatoms. The maximum absolute atomic E-state index is 5.41. The summed E-state index contributed by atoms with van der Waals surface area (Å²) in [5.74, 6) is 1.14. The Morgan fingerprint density at radius 3 is 2.00 bits per heavy atom. The smallest absolute Gasteiger partial charge is 0.0594 e. The van der Waals surface area contributed by atoms with E-state index in [4.69, 9.17) is 4.74 Å². The minimum atomic E-state index is 0.885. The predicted molar refractivity (Wildman–Crippen MR) is 119 cm³/mol. The standard InChI is InChI=1S/C24H32N2OS/c1-2-13-25(12-1)14-11-21-3-5-22(6-4-21)23-7-9-24(10-8-23)28-20-17-26-15-18-27-19-16-26/h3-10H,1-2,11-20H2. The quantitative estimate of drug-likeness (QED) is 0.614. The Morgan fingerprint density at radius 1 is 0.714 bits per heavy atom. The largest absolute Gasteiger partial charge is 0.379 e. The molecule has 0 spiro atoms. The number of thioether (sulfide) groups is 1. The molecule has 0 aliphatic carbocycles. The van der Waals surface area contributed by atoms with E-state index >= 15 is 0 Å². The average molecular weight is 397 g/mol. The number of rotatable bonds is 8. The van der Waals surface area contributed by atoms with Gasteiger partial charge in [-0.3, -0.25) is 4.90 Å². The Balaban J connectivity index is 1.24. The van der Waals surface area contributed by atoms with Gasteiger partial charge in [-0.25, -0.2) is 0 Å². The fraction of sp³-hybridized carbons (Fsp3) is 0.500. The van der Waals surface area contributed by atoms with Crippen LogP contribution >= 0.6 is 11.8 Å². The van der Waals surface area contributed by atoms with Crippen molar-refractivity contribution in [3.05, 3.63) is 54.1 Å². The van der Waals surface area contributed by atoms with Crippen molar-refractivity contribution >= 4 is 11.8 Å². The molecule has 0 N–H and O–H groups in total. The minimum absolute atomic E-state index is 0.885. The summed E-state index contributed by atoms with van der Waals surface area (Å²) in [4.78, 5) is 6.44. The van der Waals surface area contributed by atoms with Crippen LogP contribution in [0.4, 0.5) is 0 Å². The third-order valence-electron chi connectivity index (χ3n) is 5.84. The normalized spacial score (nSPS) is 18.6. The maximum atomic E-state index is 5.41. The van der Waals surface area contributed by atoms with E-state index in [-0.39, 0.29) is 0 Å². The van der Waals surface area contributed by atoms with Crippen molar-refractivity contribution in [2.45, 2.75) is 24.2 Å². The summed E-state index contributed by atoms with van der Waals surface area (Å²) >= 11 is 1.95. The van der Waals surface area contributed by atoms with E-state index in [0.29, 0.717) is 0 Å². The lowest BCUT2D eigenvalue weighted by molar-refractivity contribution is 0.0410. The Labute approximate surface area is 174 Å². The zero-order valence-electron chi connectivity index (χ0n) is 16.8. The summed E-state index contributed by atoms with van der Waals surface area (Å²) in [6.07, 6.45) is 3.92. The molecule has 2 aliphatic heterocycles. The van der Waals surface area contributed by atoms with E-state index in [2.05, 4.69) is 58.3 Å². The molecule has 3 nitrogen and oxygen atoms in total. The fourth-order valence-electron chi connectivity index (χ4n) is 4.02. The highest BCUT2D eigenvalue weighted by Crippen LogP contribution is 2.25. The maximum Gasteiger partial charge on any atom is 0.0594 e. The van der Waals surface area contributed by atoms with Gasteiger partial charge in [-0.05, 0) is 61.2 Å². The minimum Gasteiger partial charge on any atom is -0.379 e. The van der Waals surface area contributed by atoms with Crippen LogP contribution in [-0.2, 0) is 11.2 Å². The number of morpholine rings is 1. The Morgan fingerprint density at radius 2 is 1.32 bits per heavy atom. The van der Waals surface area contributed by atoms with Crippen molar-refractivity contribution in [1.82, 2.24) is 9.80 Å². The van der Waals surface area contributed by atoms with Gasteiger partial charge in [-0.1, -0.05) is 36.4 Å². The zero-order valence-corrected chi connectivity index (χ0v) is 17.6. The van der Waals surface area contributed by atoms with E-state index in [0.717, 1.165) is 38.6 Å². The molecular formula is C24H32N2OS. The van der Waals surface area contributed by atoms with Crippen LogP contribution in [0.15, 0.2) is 53.4 Å². The fourth-order valence-corrected chi connectivity index (χ4v) is 4.93. The lowest BCUT2D eigenvalue weighted by Gasteiger charge is -2.26. The van der Waals surface area contributed by atoms with Gasteiger partial charge in [0.15, 0.2) is 0 Å². The molecule has 0 atom stereocenters. The van der Waals surface area contributed by atoms with Gasteiger partial charge in [0, 0.05) is 36.8 Å². The first kappa shape index (κ1) is 20.0. The van der Waals surface area contributed by atoms with Gasteiger partial charge in [-0.15, -0.1) is 11.8 Å². The topological polar surface area (TPSA) is 15.7 Å². The molecule has 0 radical (unpaired) electrons. The van der Waals surface area contributed by atoms with Crippen molar-refractivity contribution in [2.24, 2.45) is 0 Å². The summed E-state index contributed by atoms with van der Waals surface area (Å²) in [6, 6.07) is 18.2. The van der Waals surface area contributed by atoms with Gasteiger partial charge in [0.05, 0.1) is 13.2 Å². The van der Waals surface area contributed by atoms with E-state index in [1.54, 1.807) is 0 Å². The predicted octanol–water partition coefficient (Wildman–Crippen LogP) is 4.42. The molecule has 2 aromatic carbocycles. The molecule has 2 saturated heterocycles. The molecule has 2 aromatic rings. The number of ether oxygens (including phenoxy) is 1. The molecule has 0 bridgehead atoms. The second-order valence-corrected chi connectivity index (χ2v) is 8.99. The van der Waals surface area contributed by atoms with Crippen LogP contribution < -0.4 is 0 Å². The van der Waals surface area contributed by atoms with Gasteiger partial charge < -0.3 is 9.64 Å². The monoisotopic (exact) mass is 396 g/mol. The first-order valence-corrected chi connectivity index (χ1v) is 11.7. The first-order valence-electron chi connectivity index (χ1n) is 10.7. The Bertz CT molecular complexity index is 704. The van der Waals surface area contributed by atoms with Crippen molar-refractivity contribution in [3.63, 3.8) is 0 Å². The van der Waals surface area contributed by atoms with Crippen molar-refractivity contribution in [1.29, 1.82) is 0 Å². The summed E-state index contributed by atoms with van der Waals surface area (Å²) in [5, 5.41) is 0. The zero-order chi connectivity index (χ0) is 19.0. The van der Waals surface area contributed by atoms with Gasteiger partial charge in [0.25, 0.3) is 0 Å². The van der Waals surface area contributed by atoms with Gasteiger partial charge in [0.2, 0.25) is 0 Å². The molecule has 28 heavy (non-hydrogen) atoms. The molecule has 2 heterocycles. The molecule has 0 amide bonds. The molecule has 150 valence electrons. The van der Waals surface area contributed by atoms with Crippen LogP contribution in [0.1, 0.15) is 18.4 Å². The average Bonchev–Trinajstić information content (AvgIpc) is 3.28. The van der Waals surface area contributed by atoms with E-state index in [9.17, 15) is 0 Å². The van der Waals surface area contributed by atoms with Crippen molar-refractivity contribution in [2.75, 3.05) is 58.2 Å². The highest BCUT2D eigenvalue weighted by Gasteiger charge is 2.11. The molecule has 2 fully saturated rings. The Kier molecular flexibility index (Phi) is 7.45. The summed E-state index contributed by atoms with van der Waals surface area (Å²) in [7, 11) is 0. The van der Waals surface area contributed by atoms with Gasteiger partial charge >= 0.3 is 0 Å². The van der Waals surface area contributed by atoms with Crippen LogP contribution in [0, 0.1) is 0 Å². The lowest BCUT2D eigenvalue weighted by atomic mass is 10.0. The molecular weight excluding hydrogens is 364 g/mol. The SMILES string of the molecule is c1cc(-c2ccc(SCCN3CCOCC3)cc2)ccc1CCN1CCCC1. The molecule has 2 aliphatic rings. The number of hydrogen-bond acceptors (Lipinski definition) is 4. The Hall–Kier alpha value is -1.33. The van der Waals surface area contributed by atoms with Crippen molar-refractivity contribution in [3.8, 4) is 11.1 Å². The summed E-state index contributed by atoms with van der Waals surface area (Å²) < 4.78 is 5.41. The molecule has 0 unspecified atom stereocenters. The van der Waals surface area contributed by atoms with Gasteiger partial charge in [-0.2, -0.15) is 0 Å². The van der Waals surface area contributed by atoms with Crippen LogP contribution in [-0.4, -0.2) is 68.0 Å². The first-order chi connectivity index (χ1) is 13.9. The molecule has 4 rings (SSSR count). The second kappa shape index (κ2) is 10.4. The third kappa shape index (κ3) is 5.84. The summed E-state index contributed by atoms with van der Waals surface area (Å²) in [6.45, 7) is 8.85. The molecule has 0 aromatic heterocycles. The highest BCUT2D eigenvalue weighted by atomic mass is 32.2. The van der Waals surface area contributed by atoms with E-state index in [1.165, 1.54) is 60.5 Å². The number of hydrogen-bond donors (Lipinski definition) is 0. The van der Waals surface area contributed by atoms with Crippen LogP contribution in [0.2, 0.25) is 0 Å². The van der Waals surface area contributed by atoms with Crippen LogP contribution in [0.5, 0.6) is 0 Å². The van der Waals surface area contributed by atoms with Crippen LogP contribution in [0.25, 0.3) is 11.1 Å². The molecule has 0 saturated carbocycles. The summed E-state index contributed by atoms with van der Waals surface area (Å²) in [5.41, 5.74) is 4.07. The van der Waals surface area contributed by atoms with E-state index < -0.39 is 0 Å². The third-order valence-corrected chi connectivity index (χ3v) is 6.83. The number of nitrogens with zero attached hydrogens (tertiary/aromatic N) is 2. The number of benzene rings is 2. The second-order valence-electron chi connectivity index (χ2n) is 7.82. The van der Waals surface area contributed by atoms with Crippen LogP contribution in [0.3, 0.4) is 0 Å². The van der Waals surface area contributed by atoms with E-state index in [1.807, 2.05) is 11.8 Å². The van der Waals surface area contributed by atoms with Gasteiger partial charge in [0.1, 0.15) is 0 Å².